The van der Waals surface area contributed by atoms with Crippen molar-refractivity contribution in [3.8, 4) is 0 Å². The molecule has 0 spiro atoms. The van der Waals surface area contributed by atoms with Gasteiger partial charge in [-0.15, -0.1) is 0 Å². The van der Waals surface area contributed by atoms with Crippen LogP contribution in [0.4, 0.5) is 0 Å². The van der Waals surface area contributed by atoms with E-state index in [0.29, 0.717) is 17.3 Å². The molecule has 1 unspecified atom stereocenters. The molecule has 2 N–H and O–H groups in total. The van der Waals surface area contributed by atoms with Crippen molar-refractivity contribution in [3.05, 3.63) is 35.9 Å². The van der Waals surface area contributed by atoms with Gasteiger partial charge in [0.2, 0.25) is 0 Å². The average Bonchev–Trinajstić information content (AvgIpc) is 2.24. The summed E-state index contributed by atoms with van der Waals surface area (Å²) in [5.41, 5.74) is 7.90. The van der Waals surface area contributed by atoms with E-state index in [1.54, 1.807) is 0 Å². The lowest BCUT2D eigenvalue weighted by Gasteiger charge is -2.49. The molecule has 0 aliphatic heterocycles. The molecular weight excluding hydrogens is 194 g/mol. The van der Waals surface area contributed by atoms with Gasteiger partial charge in [0.25, 0.3) is 0 Å². The van der Waals surface area contributed by atoms with Crippen molar-refractivity contribution in [2.24, 2.45) is 17.1 Å². The van der Waals surface area contributed by atoms with Gasteiger partial charge in [0.05, 0.1) is 0 Å². The van der Waals surface area contributed by atoms with Crippen molar-refractivity contribution < 1.29 is 0 Å². The lowest BCUT2D eigenvalue weighted by Crippen LogP contribution is -2.44. The maximum absolute atomic E-state index is 6.04. The van der Waals surface area contributed by atoms with E-state index in [1.807, 2.05) is 0 Å². The molecule has 0 amide bonds. The Morgan fingerprint density at radius 1 is 1.19 bits per heavy atom. The summed E-state index contributed by atoms with van der Waals surface area (Å²) < 4.78 is 0. The van der Waals surface area contributed by atoms with Gasteiger partial charge in [-0.05, 0) is 42.2 Å². The summed E-state index contributed by atoms with van der Waals surface area (Å²) in [7, 11) is 0. The predicted molar refractivity (Wildman–Crippen MR) is 69.4 cm³/mol. The zero-order valence-corrected chi connectivity index (χ0v) is 10.4. The fourth-order valence-corrected chi connectivity index (χ4v) is 3.38. The SMILES string of the molecule is CC(C)C(c1ccccc1)C1(CN)CCC1. The Hall–Kier alpha value is -0.820. The first-order chi connectivity index (χ1) is 7.69. The summed E-state index contributed by atoms with van der Waals surface area (Å²) in [6, 6.07) is 10.9. The number of hydrogen-bond acceptors (Lipinski definition) is 1. The minimum absolute atomic E-state index is 0.384. The molecule has 1 fully saturated rings. The van der Waals surface area contributed by atoms with Crippen LogP contribution in [0.5, 0.6) is 0 Å². The van der Waals surface area contributed by atoms with Crippen molar-refractivity contribution in [3.63, 3.8) is 0 Å². The minimum atomic E-state index is 0.384. The van der Waals surface area contributed by atoms with Crippen LogP contribution in [0.3, 0.4) is 0 Å². The van der Waals surface area contributed by atoms with Gasteiger partial charge in [0, 0.05) is 0 Å². The van der Waals surface area contributed by atoms with Crippen LogP contribution in [0, 0.1) is 11.3 Å². The average molecular weight is 217 g/mol. The molecule has 1 aromatic rings. The molecule has 1 saturated carbocycles. The molecule has 1 atom stereocenters. The molecule has 0 aromatic heterocycles. The second-order valence-electron chi connectivity index (χ2n) is 5.55. The number of benzene rings is 1. The first-order valence-corrected chi connectivity index (χ1v) is 6.44. The molecule has 2 rings (SSSR count). The molecule has 1 aliphatic carbocycles. The molecule has 16 heavy (non-hydrogen) atoms. The van der Waals surface area contributed by atoms with Gasteiger partial charge < -0.3 is 5.73 Å². The van der Waals surface area contributed by atoms with Gasteiger partial charge in [-0.25, -0.2) is 0 Å². The van der Waals surface area contributed by atoms with Crippen LogP contribution in [0.1, 0.15) is 44.6 Å². The maximum Gasteiger partial charge on any atom is -0.00146 e. The summed E-state index contributed by atoms with van der Waals surface area (Å²) in [6.45, 7) is 5.49. The van der Waals surface area contributed by atoms with E-state index in [2.05, 4.69) is 44.2 Å². The Bertz CT molecular complexity index is 319. The summed E-state index contributed by atoms with van der Waals surface area (Å²) in [5.74, 6) is 1.30. The fraction of sp³-hybridized carbons (Fsp3) is 0.600. The van der Waals surface area contributed by atoms with Crippen LogP contribution >= 0.6 is 0 Å². The van der Waals surface area contributed by atoms with Crippen LogP contribution in [0.15, 0.2) is 30.3 Å². The van der Waals surface area contributed by atoms with Crippen molar-refractivity contribution in [2.75, 3.05) is 6.54 Å². The molecule has 1 aromatic carbocycles. The highest BCUT2D eigenvalue weighted by Crippen LogP contribution is 2.53. The topological polar surface area (TPSA) is 26.0 Å². The normalized spacial score (nSPS) is 20.5. The fourth-order valence-electron chi connectivity index (χ4n) is 3.38. The van der Waals surface area contributed by atoms with E-state index in [-0.39, 0.29) is 0 Å². The van der Waals surface area contributed by atoms with Crippen LogP contribution in [-0.4, -0.2) is 6.54 Å². The molecular formula is C15H23N. The van der Waals surface area contributed by atoms with Crippen molar-refractivity contribution >= 4 is 0 Å². The molecule has 0 bridgehead atoms. The van der Waals surface area contributed by atoms with Gasteiger partial charge in [0.1, 0.15) is 0 Å². The summed E-state index contributed by atoms with van der Waals surface area (Å²) in [5, 5.41) is 0. The third-order valence-electron chi connectivity index (χ3n) is 4.24. The monoisotopic (exact) mass is 217 g/mol. The molecule has 88 valence electrons. The summed E-state index contributed by atoms with van der Waals surface area (Å²) in [4.78, 5) is 0. The predicted octanol–water partition coefficient (Wildman–Crippen LogP) is 3.56. The third-order valence-corrected chi connectivity index (χ3v) is 4.24. The lowest BCUT2D eigenvalue weighted by molar-refractivity contribution is 0.0778. The maximum atomic E-state index is 6.04. The Morgan fingerprint density at radius 3 is 2.19 bits per heavy atom. The number of rotatable bonds is 4. The second kappa shape index (κ2) is 4.58. The van der Waals surface area contributed by atoms with Gasteiger partial charge in [-0.1, -0.05) is 50.6 Å². The highest BCUT2D eigenvalue weighted by atomic mass is 14.6. The van der Waals surface area contributed by atoms with E-state index >= 15 is 0 Å². The van der Waals surface area contributed by atoms with Gasteiger partial charge in [-0.2, -0.15) is 0 Å². The largest absolute Gasteiger partial charge is 0.330 e. The minimum Gasteiger partial charge on any atom is -0.330 e. The van der Waals surface area contributed by atoms with Crippen LogP contribution in [0.2, 0.25) is 0 Å². The van der Waals surface area contributed by atoms with E-state index in [4.69, 9.17) is 5.73 Å². The van der Waals surface area contributed by atoms with Crippen molar-refractivity contribution in [2.45, 2.75) is 39.0 Å². The first kappa shape index (κ1) is 11.7. The highest BCUT2D eigenvalue weighted by molar-refractivity contribution is 5.24. The van der Waals surface area contributed by atoms with E-state index in [9.17, 15) is 0 Å². The Labute approximate surface area is 99.0 Å². The summed E-state index contributed by atoms with van der Waals surface area (Å²) in [6.07, 6.45) is 3.97. The molecule has 1 heteroatoms. The first-order valence-electron chi connectivity index (χ1n) is 6.44. The molecule has 1 nitrogen and oxygen atoms in total. The van der Waals surface area contributed by atoms with Gasteiger partial charge in [0.15, 0.2) is 0 Å². The third kappa shape index (κ3) is 1.89. The Kier molecular flexibility index (Phi) is 3.34. The zero-order chi connectivity index (χ0) is 11.6. The Balaban J connectivity index is 2.31. The number of hydrogen-bond donors (Lipinski definition) is 1. The summed E-state index contributed by atoms with van der Waals surface area (Å²) >= 11 is 0. The molecule has 1 aliphatic rings. The van der Waals surface area contributed by atoms with E-state index in [1.165, 1.54) is 24.8 Å². The Morgan fingerprint density at radius 2 is 1.81 bits per heavy atom. The van der Waals surface area contributed by atoms with E-state index < -0.39 is 0 Å². The zero-order valence-electron chi connectivity index (χ0n) is 10.4. The number of nitrogens with two attached hydrogens (primary N) is 1. The van der Waals surface area contributed by atoms with Gasteiger partial charge >= 0.3 is 0 Å². The molecule has 0 radical (unpaired) electrons. The van der Waals surface area contributed by atoms with Crippen LogP contribution in [-0.2, 0) is 0 Å². The van der Waals surface area contributed by atoms with E-state index in [0.717, 1.165) is 6.54 Å². The quantitative estimate of drug-likeness (QED) is 0.820. The smallest absolute Gasteiger partial charge is 0.00146 e. The van der Waals surface area contributed by atoms with Crippen molar-refractivity contribution in [1.82, 2.24) is 0 Å². The second-order valence-corrected chi connectivity index (χ2v) is 5.55. The highest BCUT2D eigenvalue weighted by Gasteiger charge is 2.44. The lowest BCUT2D eigenvalue weighted by atomic mass is 9.56. The van der Waals surface area contributed by atoms with Crippen LogP contribution < -0.4 is 5.73 Å². The van der Waals surface area contributed by atoms with Crippen molar-refractivity contribution in [1.29, 1.82) is 0 Å². The van der Waals surface area contributed by atoms with Gasteiger partial charge in [-0.3, -0.25) is 0 Å². The molecule has 0 saturated heterocycles. The molecule has 0 heterocycles. The van der Waals surface area contributed by atoms with Crippen LogP contribution in [0.25, 0.3) is 0 Å². The standard InChI is InChI=1S/C15H23N/c1-12(2)14(13-7-4-3-5-8-13)15(11-16)9-6-10-15/h3-5,7-8,12,14H,6,9-11,16H2,1-2H3.